The van der Waals surface area contributed by atoms with Crippen molar-refractivity contribution in [3.05, 3.63) is 11.1 Å². The topological polar surface area (TPSA) is 86.2 Å². The molecule has 0 aliphatic rings. The number of hydrogen-bond donors (Lipinski definition) is 2. The molecule has 0 spiro atoms. The van der Waals surface area contributed by atoms with Gasteiger partial charge in [-0.05, 0) is 0 Å². The molecule has 0 radical (unpaired) electrons. The van der Waals surface area contributed by atoms with E-state index in [9.17, 15) is 9.59 Å². The van der Waals surface area contributed by atoms with Crippen molar-refractivity contribution in [3.63, 3.8) is 0 Å². The summed E-state index contributed by atoms with van der Waals surface area (Å²) in [6, 6.07) is 0. The van der Waals surface area contributed by atoms with Crippen LogP contribution < -0.4 is 11.5 Å². The number of halogens is 1. The van der Waals surface area contributed by atoms with E-state index in [1.54, 1.807) is 0 Å². The summed E-state index contributed by atoms with van der Waals surface area (Å²) in [6.45, 7) is 0. The molecule has 0 aromatic carbocycles. The van der Waals surface area contributed by atoms with Crippen molar-refractivity contribution < 1.29 is 9.59 Å². The molecule has 0 unspecified atom stereocenters. The van der Waals surface area contributed by atoms with Crippen LogP contribution in [0.3, 0.4) is 0 Å². The van der Waals surface area contributed by atoms with E-state index in [2.05, 4.69) is 11.5 Å². The van der Waals surface area contributed by atoms with Gasteiger partial charge in [0.15, 0.2) is 0 Å². The smallest absolute Gasteiger partial charge is 0.260 e. The quantitative estimate of drug-likeness (QED) is 0.496. The van der Waals surface area contributed by atoms with Gasteiger partial charge in [0.05, 0.1) is 0 Å². The van der Waals surface area contributed by atoms with E-state index in [4.69, 9.17) is 11.6 Å². The first-order valence-corrected chi connectivity index (χ1v) is 2.38. The molecule has 5 heteroatoms. The number of nitrogens with two attached hydrogens (primary N) is 2. The third kappa shape index (κ3) is 3.54. The maximum absolute atomic E-state index is 10.0. The highest BCUT2D eigenvalue weighted by Crippen LogP contribution is 1.96. The van der Waals surface area contributed by atoms with Crippen LogP contribution in [0.25, 0.3) is 0 Å². The van der Waals surface area contributed by atoms with Crippen molar-refractivity contribution in [1.82, 2.24) is 0 Å². The summed E-state index contributed by atoms with van der Waals surface area (Å²) in [5.41, 5.74) is 9.26. The molecule has 0 aromatic heterocycles. The number of rotatable bonds is 2. The average Bonchev–Trinajstić information content (AvgIpc) is 1.63. The van der Waals surface area contributed by atoms with Crippen molar-refractivity contribution in [2.24, 2.45) is 11.5 Å². The molecule has 2 amide bonds. The minimum absolute atomic E-state index is 0.359. The standard InChI is InChI=1S/C4H5ClN2O2/c5-2(4(7)9)1-3(6)8/h1H,(H2,6,8)(H2,7,9)/b2-1-. The highest BCUT2D eigenvalue weighted by molar-refractivity contribution is 6.43. The summed E-state index contributed by atoms with van der Waals surface area (Å²) >= 11 is 5.10. The van der Waals surface area contributed by atoms with Gasteiger partial charge in [0.25, 0.3) is 5.91 Å². The lowest BCUT2D eigenvalue weighted by atomic mass is 10.4. The molecule has 0 aliphatic heterocycles. The molecule has 4 N–H and O–H groups in total. The number of amides is 2. The Hall–Kier alpha value is -1.03. The molecule has 0 rings (SSSR count). The van der Waals surface area contributed by atoms with Crippen LogP contribution in [0.1, 0.15) is 0 Å². The number of primary amides is 2. The van der Waals surface area contributed by atoms with Crippen molar-refractivity contribution in [1.29, 1.82) is 0 Å². The third-order valence-electron chi connectivity index (χ3n) is 0.504. The Morgan fingerprint density at radius 1 is 1.33 bits per heavy atom. The Bertz CT molecular complexity index is 175. The van der Waals surface area contributed by atoms with Crippen LogP contribution in [-0.2, 0) is 9.59 Å². The minimum Gasteiger partial charge on any atom is -0.366 e. The van der Waals surface area contributed by atoms with E-state index >= 15 is 0 Å². The second-order valence-electron chi connectivity index (χ2n) is 1.26. The molecule has 0 saturated heterocycles. The lowest BCUT2D eigenvalue weighted by Gasteiger charge is -1.85. The van der Waals surface area contributed by atoms with E-state index in [0.29, 0.717) is 0 Å². The van der Waals surface area contributed by atoms with Crippen LogP contribution in [0.15, 0.2) is 11.1 Å². The zero-order valence-electron chi connectivity index (χ0n) is 4.43. The highest BCUT2D eigenvalue weighted by Gasteiger charge is 1.99. The molecule has 0 fully saturated rings. The molecule has 0 aromatic rings. The van der Waals surface area contributed by atoms with E-state index in [0.717, 1.165) is 6.08 Å². The zero-order valence-corrected chi connectivity index (χ0v) is 5.18. The summed E-state index contributed by atoms with van der Waals surface area (Å²) in [7, 11) is 0. The fourth-order valence-corrected chi connectivity index (χ4v) is 0.304. The molecule has 0 bridgehead atoms. The van der Waals surface area contributed by atoms with Crippen LogP contribution in [0.5, 0.6) is 0 Å². The van der Waals surface area contributed by atoms with Crippen LogP contribution in [-0.4, -0.2) is 11.8 Å². The first-order chi connectivity index (χ1) is 4.04. The average molecular weight is 149 g/mol. The molecular formula is C4H5ClN2O2. The largest absolute Gasteiger partial charge is 0.366 e. The predicted molar refractivity (Wildman–Crippen MR) is 32.3 cm³/mol. The van der Waals surface area contributed by atoms with Gasteiger partial charge < -0.3 is 11.5 Å². The fourth-order valence-electron chi connectivity index (χ4n) is 0.196. The Morgan fingerprint density at radius 2 is 1.78 bits per heavy atom. The summed E-state index contributed by atoms with van der Waals surface area (Å²) in [5.74, 6) is -1.66. The second-order valence-corrected chi connectivity index (χ2v) is 1.67. The van der Waals surface area contributed by atoms with Crippen LogP contribution in [0.4, 0.5) is 0 Å². The molecule has 0 saturated carbocycles. The van der Waals surface area contributed by atoms with E-state index in [1.165, 1.54) is 0 Å². The van der Waals surface area contributed by atoms with Gasteiger partial charge >= 0.3 is 0 Å². The Labute approximate surface area is 56.5 Å². The second kappa shape index (κ2) is 3.09. The van der Waals surface area contributed by atoms with Crippen molar-refractivity contribution in [2.45, 2.75) is 0 Å². The zero-order chi connectivity index (χ0) is 7.44. The number of hydrogen-bond acceptors (Lipinski definition) is 2. The van der Waals surface area contributed by atoms with E-state index in [-0.39, 0.29) is 5.03 Å². The van der Waals surface area contributed by atoms with Crippen molar-refractivity contribution in [2.75, 3.05) is 0 Å². The minimum atomic E-state index is -0.865. The number of carbonyl (C=O) groups excluding carboxylic acids is 2. The Morgan fingerprint density at radius 3 is 1.89 bits per heavy atom. The highest BCUT2D eigenvalue weighted by atomic mass is 35.5. The third-order valence-corrected chi connectivity index (χ3v) is 0.800. The van der Waals surface area contributed by atoms with Crippen molar-refractivity contribution in [3.8, 4) is 0 Å². The van der Waals surface area contributed by atoms with Gasteiger partial charge in [-0.25, -0.2) is 0 Å². The first kappa shape index (κ1) is 7.97. The predicted octanol–water partition coefficient (Wildman–Crippen LogP) is -0.920. The van der Waals surface area contributed by atoms with E-state index < -0.39 is 11.8 Å². The fraction of sp³-hybridized carbons (Fsp3) is 0. The molecular weight excluding hydrogens is 144 g/mol. The summed E-state index contributed by atoms with van der Waals surface area (Å²) in [6.07, 6.45) is 0.754. The maximum Gasteiger partial charge on any atom is 0.260 e. The van der Waals surface area contributed by atoms with Gasteiger partial charge in [-0.2, -0.15) is 0 Å². The lowest BCUT2D eigenvalue weighted by molar-refractivity contribution is -0.116. The number of carbonyl (C=O) groups is 2. The van der Waals surface area contributed by atoms with Crippen LogP contribution in [0, 0.1) is 0 Å². The van der Waals surface area contributed by atoms with Crippen LogP contribution >= 0.6 is 11.6 Å². The molecule has 50 valence electrons. The van der Waals surface area contributed by atoms with Gasteiger partial charge in [0, 0.05) is 6.08 Å². The Kier molecular flexibility index (Phi) is 2.73. The summed E-state index contributed by atoms with van der Waals surface area (Å²) in [5, 5.41) is -0.359. The van der Waals surface area contributed by atoms with Gasteiger partial charge in [-0.3, -0.25) is 9.59 Å². The van der Waals surface area contributed by atoms with E-state index in [1.807, 2.05) is 0 Å². The SMILES string of the molecule is NC(=O)/C=C(\Cl)C(N)=O. The van der Waals surface area contributed by atoms with Gasteiger partial charge in [0.1, 0.15) is 5.03 Å². The van der Waals surface area contributed by atoms with Crippen LogP contribution in [0.2, 0.25) is 0 Å². The van der Waals surface area contributed by atoms with Gasteiger partial charge in [0.2, 0.25) is 5.91 Å². The lowest BCUT2D eigenvalue weighted by Crippen LogP contribution is -2.14. The molecule has 0 atom stereocenters. The Balaban J connectivity index is 4.17. The van der Waals surface area contributed by atoms with Crippen molar-refractivity contribution >= 4 is 23.4 Å². The van der Waals surface area contributed by atoms with Gasteiger partial charge in [-0.1, -0.05) is 11.6 Å². The molecule has 0 heterocycles. The maximum atomic E-state index is 10.0. The normalized spacial score (nSPS) is 11.0. The molecule has 0 aliphatic carbocycles. The molecule has 4 nitrogen and oxygen atoms in total. The first-order valence-electron chi connectivity index (χ1n) is 2.00. The van der Waals surface area contributed by atoms with Gasteiger partial charge in [-0.15, -0.1) is 0 Å². The monoisotopic (exact) mass is 148 g/mol. The molecule has 9 heavy (non-hydrogen) atoms. The summed E-state index contributed by atoms with van der Waals surface area (Å²) < 4.78 is 0. The summed E-state index contributed by atoms with van der Waals surface area (Å²) in [4.78, 5) is 20.0.